The summed E-state index contributed by atoms with van der Waals surface area (Å²) in [5.74, 6) is 2.03. The number of nitrogens with two attached hydrogens (primary N) is 1. The van der Waals surface area contributed by atoms with Crippen molar-refractivity contribution in [3.05, 3.63) is 29.8 Å². The Labute approximate surface area is 122 Å². The van der Waals surface area contributed by atoms with Crippen molar-refractivity contribution in [2.24, 2.45) is 16.6 Å². The molecule has 4 heteroatoms. The number of aryl methyl sites for hydroxylation is 1. The van der Waals surface area contributed by atoms with E-state index in [9.17, 15) is 0 Å². The van der Waals surface area contributed by atoms with Crippen LogP contribution >= 0.6 is 0 Å². The first-order valence-electron chi connectivity index (χ1n) is 7.24. The van der Waals surface area contributed by atoms with Crippen LogP contribution in [0, 0.1) is 12.8 Å². The smallest absolute Gasteiger partial charge is 0.188 e. The Morgan fingerprint density at radius 2 is 2.10 bits per heavy atom. The fourth-order valence-electron chi connectivity index (χ4n) is 1.73. The van der Waals surface area contributed by atoms with E-state index < -0.39 is 0 Å². The molecule has 112 valence electrons. The molecule has 4 nitrogen and oxygen atoms in total. The summed E-state index contributed by atoms with van der Waals surface area (Å²) in [5, 5.41) is 3.11. The molecule has 20 heavy (non-hydrogen) atoms. The molecular weight excluding hydrogens is 250 g/mol. The van der Waals surface area contributed by atoms with Gasteiger partial charge in [0.2, 0.25) is 0 Å². The fraction of sp³-hybridized carbons (Fsp3) is 0.562. The summed E-state index contributed by atoms with van der Waals surface area (Å²) >= 11 is 0. The maximum Gasteiger partial charge on any atom is 0.188 e. The standard InChI is InChI=1S/C16H27N3O/c1-12(2)8-9-18-16(17)19-11-14(4)20-15-7-5-6-13(3)10-15/h5-7,10,12,14H,8-9,11H2,1-4H3,(H3,17,18,19). The monoisotopic (exact) mass is 277 g/mol. The van der Waals surface area contributed by atoms with Gasteiger partial charge in [-0.15, -0.1) is 0 Å². The number of hydrogen-bond donors (Lipinski definition) is 2. The molecule has 1 rings (SSSR count). The summed E-state index contributed by atoms with van der Waals surface area (Å²) in [4.78, 5) is 4.30. The molecule has 0 radical (unpaired) electrons. The topological polar surface area (TPSA) is 59.6 Å². The van der Waals surface area contributed by atoms with E-state index in [2.05, 4.69) is 24.2 Å². The molecular formula is C16H27N3O. The highest BCUT2D eigenvalue weighted by atomic mass is 16.5. The number of ether oxygens (including phenoxy) is 1. The number of benzene rings is 1. The molecule has 1 aromatic carbocycles. The number of aliphatic imine (C=N–C) groups is 1. The normalized spacial score (nSPS) is 13.3. The highest BCUT2D eigenvalue weighted by Gasteiger charge is 2.04. The molecule has 0 aliphatic carbocycles. The van der Waals surface area contributed by atoms with Crippen molar-refractivity contribution < 1.29 is 4.74 Å². The summed E-state index contributed by atoms with van der Waals surface area (Å²) in [6.07, 6.45) is 1.09. The van der Waals surface area contributed by atoms with E-state index in [1.165, 1.54) is 5.56 Å². The van der Waals surface area contributed by atoms with E-state index >= 15 is 0 Å². The van der Waals surface area contributed by atoms with Gasteiger partial charge in [0.05, 0.1) is 6.54 Å². The van der Waals surface area contributed by atoms with E-state index in [1.807, 2.05) is 38.1 Å². The van der Waals surface area contributed by atoms with Crippen LogP contribution in [0.4, 0.5) is 0 Å². The SMILES string of the molecule is Cc1cccc(OC(C)CN=C(N)NCCC(C)C)c1. The van der Waals surface area contributed by atoms with E-state index in [1.54, 1.807) is 0 Å². The Kier molecular flexibility index (Phi) is 6.91. The van der Waals surface area contributed by atoms with Crippen LogP contribution < -0.4 is 15.8 Å². The van der Waals surface area contributed by atoms with Crippen molar-refractivity contribution in [2.75, 3.05) is 13.1 Å². The number of rotatable bonds is 7. The first-order valence-corrected chi connectivity index (χ1v) is 7.24. The fourth-order valence-corrected chi connectivity index (χ4v) is 1.73. The molecule has 0 heterocycles. The lowest BCUT2D eigenvalue weighted by Crippen LogP contribution is -2.34. The second-order valence-electron chi connectivity index (χ2n) is 5.58. The summed E-state index contributed by atoms with van der Waals surface area (Å²) in [6, 6.07) is 8.01. The highest BCUT2D eigenvalue weighted by Crippen LogP contribution is 2.14. The molecule has 0 amide bonds. The predicted octanol–water partition coefficient (Wildman–Crippen LogP) is 2.71. The van der Waals surface area contributed by atoms with E-state index in [0.717, 1.165) is 18.7 Å². The maximum absolute atomic E-state index is 5.81. The van der Waals surface area contributed by atoms with E-state index in [4.69, 9.17) is 10.5 Å². The minimum Gasteiger partial charge on any atom is -0.489 e. The Morgan fingerprint density at radius 3 is 2.75 bits per heavy atom. The van der Waals surface area contributed by atoms with Crippen LogP contribution in [0.2, 0.25) is 0 Å². The molecule has 0 fully saturated rings. The van der Waals surface area contributed by atoms with Gasteiger partial charge in [0, 0.05) is 6.54 Å². The van der Waals surface area contributed by atoms with Gasteiger partial charge in [-0.25, -0.2) is 4.99 Å². The minimum atomic E-state index is 0.00208. The molecule has 1 unspecified atom stereocenters. The van der Waals surface area contributed by atoms with Crippen molar-refractivity contribution >= 4 is 5.96 Å². The number of guanidine groups is 1. The largest absolute Gasteiger partial charge is 0.489 e. The van der Waals surface area contributed by atoms with Gasteiger partial charge >= 0.3 is 0 Å². The Balaban J connectivity index is 2.32. The third kappa shape index (κ3) is 7.02. The lowest BCUT2D eigenvalue weighted by molar-refractivity contribution is 0.230. The quantitative estimate of drug-likeness (QED) is 0.595. The minimum absolute atomic E-state index is 0.00208. The molecule has 3 N–H and O–H groups in total. The molecule has 1 atom stereocenters. The number of hydrogen-bond acceptors (Lipinski definition) is 2. The summed E-state index contributed by atoms with van der Waals surface area (Å²) in [6.45, 7) is 9.83. The van der Waals surface area contributed by atoms with E-state index in [-0.39, 0.29) is 6.10 Å². The zero-order valence-electron chi connectivity index (χ0n) is 13.0. The summed E-state index contributed by atoms with van der Waals surface area (Å²) in [5.41, 5.74) is 7.00. The second kappa shape index (κ2) is 8.46. The van der Waals surface area contributed by atoms with Gasteiger partial charge in [-0.2, -0.15) is 0 Å². The van der Waals surface area contributed by atoms with Gasteiger partial charge < -0.3 is 15.8 Å². The third-order valence-corrected chi connectivity index (χ3v) is 2.87. The average Bonchev–Trinajstić information content (AvgIpc) is 2.36. The molecule has 0 aromatic heterocycles. The van der Waals surface area contributed by atoms with Gasteiger partial charge in [0.1, 0.15) is 11.9 Å². The van der Waals surface area contributed by atoms with Crippen LogP contribution in [0.25, 0.3) is 0 Å². The van der Waals surface area contributed by atoms with Crippen molar-refractivity contribution in [1.29, 1.82) is 0 Å². The van der Waals surface area contributed by atoms with Crippen molar-refractivity contribution in [3.63, 3.8) is 0 Å². The van der Waals surface area contributed by atoms with Crippen LogP contribution in [-0.4, -0.2) is 25.2 Å². The second-order valence-corrected chi connectivity index (χ2v) is 5.58. The lowest BCUT2D eigenvalue weighted by atomic mass is 10.1. The van der Waals surface area contributed by atoms with Crippen LogP contribution in [0.3, 0.4) is 0 Å². The Morgan fingerprint density at radius 1 is 1.35 bits per heavy atom. The van der Waals surface area contributed by atoms with Gasteiger partial charge in [-0.05, 0) is 43.9 Å². The van der Waals surface area contributed by atoms with Crippen molar-refractivity contribution in [2.45, 2.75) is 40.2 Å². The number of nitrogens with one attached hydrogen (secondary N) is 1. The highest BCUT2D eigenvalue weighted by molar-refractivity contribution is 5.77. The van der Waals surface area contributed by atoms with Gasteiger partial charge in [0.25, 0.3) is 0 Å². The lowest BCUT2D eigenvalue weighted by Gasteiger charge is -2.14. The van der Waals surface area contributed by atoms with Crippen LogP contribution in [0.1, 0.15) is 32.8 Å². The van der Waals surface area contributed by atoms with E-state index in [0.29, 0.717) is 18.4 Å². The van der Waals surface area contributed by atoms with Crippen molar-refractivity contribution in [3.8, 4) is 5.75 Å². The molecule has 0 aliphatic rings. The zero-order chi connectivity index (χ0) is 15.0. The van der Waals surface area contributed by atoms with Crippen LogP contribution in [-0.2, 0) is 0 Å². The van der Waals surface area contributed by atoms with Gasteiger partial charge in [-0.3, -0.25) is 0 Å². The van der Waals surface area contributed by atoms with Crippen molar-refractivity contribution in [1.82, 2.24) is 5.32 Å². The first kappa shape index (κ1) is 16.3. The Bertz CT molecular complexity index is 429. The third-order valence-electron chi connectivity index (χ3n) is 2.87. The first-order chi connectivity index (χ1) is 9.47. The predicted molar refractivity (Wildman–Crippen MR) is 85.2 cm³/mol. The molecule has 0 aliphatic heterocycles. The average molecular weight is 277 g/mol. The van der Waals surface area contributed by atoms with Crippen LogP contribution in [0.5, 0.6) is 5.75 Å². The number of nitrogens with zero attached hydrogens (tertiary/aromatic N) is 1. The molecule has 0 saturated carbocycles. The van der Waals surface area contributed by atoms with Gasteiger partial charge in [0.15, 0.2) is 5.96 Å². The molecule has 0 spiro atoms. The maximum atomic E-state index is 5.81. The molecule has 0 saturated heterocycles. The summed E-state index contributed by atoms with van der Waals surface area (Å²) in [7, 11) is 0. The zero-order valence-corrected chi connectivity index (χ0v) is 13.0. The molecule has 0 bridgehead atoms. The Hall–Kier alpha value is -1.71. The molecule has 1 aromatic rings. The van der Waals surface area contributed by atoms with Crippen LogP contribution in [0.15, 0.2) is 29.3 Å². The summed E-state index contributed by atoms with van der Waals surface area (Å²) < 4.78 is 5.80. The van der Waals surface area contributed by atoms with Gasteiger partial charge in [-0.1, -0.05) is 26.0 Å².